The number of halogens is 3. The van der Waals surface area contributed by atoms with Crippen molar-refractivity contribution in [2.24, 2.45) is 0 Å². The molecule has 2 aromatic carbocycles. The topological polar surface area (TPSA) is 49.4 Å². The third-order valence-corrected chi connectivity index (χ3v) is 4.91. The Balaban J connectivity index is 1.88. The van der Waals surface area contributed by atoms with Gasteiger partial charge in [0.2, 0.25) is 5.91 Å². The van der Waals surface area contributed by atoms with Crippen LogP contribution in [0.2, 0.25) is 10.0 Å². The summed E-state index contributed by atoms with van der Waals surface area (Å²) in [5, 5.41) is 3.50. The summed E-state index contributed by atoms with van der Waals surface area (Å²) in [6, 6.07) is 10.2. The monoisotopic (exact) mass is 426 g/mol. The van der Waals surface area contributed by atoms with Crippen molar-refractivity contribution in [3.05, 3.63) is 56.5 Å². The van der Waals surface area contributed by atoms with E-state index < -0.39 is 0 Å². The summed E-state index contributed by atoms with van der Waals surface area (Å²) in [6.07, 6.45) is 1.37. The Kier molecular flexibility index (Phi) is 5.13. The van der Waals surface area contributed by atoms with Crippen LogP contribution in [0.15, 0.2) is 40.9 Å². The molecule has 0 bridgehead atoms. The highest BCUT2D eigenvalue weighted by molar-refractivity contribution is 9.10. The van der Waals surface area contributed by atoms with E-state index in [1.807, 2.05) is 0 Å². The van der Waals surface area contributed by atoms with Gasteiger partial charge in [0.1, 0.15) is 0 Å². The number of anilines is 2. The Morgan fingerprint density at radius 1 is 1.12 bits per heavy atom. The minimum absolute atomic E-state index is 0.0737. The molecule has 4 nitrogen and oxygen atoms in total. The Labute approximate surface area is 157 Å². The SMILES string of the molecule is O=C(Nc1cc(N2CCCC2=O)ccc1Cl)c1cc(Br)ccc1Cl. The molecule has 3 rings (SSSR count). The van der Waals surface area contributed by atoms with Gasteiger partial charge in [0, 0.05) is 23.1 Å². The predicted octanol–water partition coefficient (Wildman–Crippen LogP) is 5.14. The number of carbonyl (C=O) groups excluding carboxylic acids is 2. The first-order chi connectivity index (χ1) is 11.5. The maximum Gasteiger partial charge on any atom is 0.257 e. The van der Waals surface area contributed by atoms with Crippen LogP contribution in [-0.2, 0) is 4.79 Å². The number of amides is 2. The molecule has 7 heteroatoms. The van der Waals surface area contributed by atoms with Crippen LogP contribution in [0.1, 0.15) is 23.2 Å². The second kappa shape index (κ2) is 7.13. The number of hydrogen-bond acceptors (Lipinski definition) is 2. The smallest absolute Gasteiger partial charge is 0.257 e. The van der Waals surface area contributed by atoms with Crippen LogP contribution in [0.25, 0.3) is 0 Å². The van der Waals surface area contributed by atoms with Crippen LogP contribution in [0.5, 0.6) is 0 Å². The Morgan fingerprint density at radius 3 is 2.58 bits per heavy atom. The lowest BCUT2D eigenvalue weighted by atomic mass is 10.2. The molecule has 0 unspecified atom stereocenters. The lowest BCUT2D eigenvalue weighted by molar-refractivity contribution is -0.117. The zero-order chi connectivity index (χ0) is 17.3. The normalized spacial score (nSPS) is 14.1. The average molecular weight is 428 g/mol. The number of nitrogens with one attached hydrogen (secondary N) is 1. The molecular formula is C17H13BrCl2N2O2. The first-order valence-corrected chi connectivity index (χ1v) is 8.87. The first kappa shape index (κ1) is 17.3. The van der Waals surface area contributed by atoms with E-state index in [9.17, 15) is 9.59 Å². The van der Waals surface area contributed by atoms with Crippen LogP contribution in [0.3, 0.4) is 0 Å². The van der Waals surface area contributed by atoms with Crippen LogP contribution >= 0.6 is 39.1 Å². The van der Waals surface area contributed by atoms with Crippen molar-refractivity contribution in [1.82, 2.24) is 0 Å². The van der Waals surface area contributed by atoms with E-state index in [0.29, 0.717) is 34.3 Å². The highest BCUT2D eigenvalue weighted by Gasteiger charge is 2.22. The molecule has 1 N–H and O–H groups in total. The van der Waals surface area contributed by atoms with Crippen molar-refractivity contribution < 1.29 is 9.59 Å². The number of hydrogen-bond donors (Lipinski definition) is 1. The molecule has 24 heavy (non-hydrogen) atoms. The molecule has 1 fully saturated rings. The standard InChI is InChI=1S/C17H13BrCl2N2O2/c18-10-3-5-13(19)12(8-10)17(24)21-15-9-11(4-6-14(15)20)22-7-1-2-16(22)23/h3-6,8-9H,1-2,7H2,(H,21,24). The lowest BCUT2D eigenvalue weighted by Crippen LogP contribution is -2.23. The zero-order valence-corrected chi connectivity index (χ0v) is 15.6. The van der Waals surface area contributed by atoms with Crippen LogP contribution < -0.4 is 10.2 Å². The highest BCUT2D eigenvalue weighted by Crippen LogP contribution is 2.31. The fourth-order valence-electron chi connectivity index (χ4n) is 2.56. The van der Waals surface area contributed by atoms with E-state index >= 15 is 0 Å². The summed E-state index contributed by atoms with van der Waals surface area (Å²) < 4.78 is 0.750. The summed E-state index contributed by atoms with van der Waals surface area (Å²) in [6.45, 7) is 0.672. The fourth-order valence-corrected chi connectivity index (χ4v) is 3.29. The van der Waals surface area contributed by atoms with Gasteiger partial charge in [0.15, 0.2) is 0 Å². The Morgan fingerprint density at radius 2 is 1.88 bits per heavy atom. The maximum absolute atomic E-state index is 12.5. The van der Waals surface area contributed by atoms with Gasteiger partial charge in [-0.2, -0.15) is 0 Å². The number of carbonyl (C=O) groups is 2. The van der Waals surface area contributed by atoms with Crippen LogP contribution in [-0.4, -0.2) is 18.4 Å². The van der Waals surface area contributed by atoms with Gasteiger partial charge in [-0.05, 0) is 42.8 Å². The maximum atomic E-state index is 12.5. The first-order valence-electron chi connectivity index (χ1n) is 7.32. The summed E-state index contributed by atoms with van der Waals surface area (Å²) in [5.41, 5.74) is 1.50. The van der Waals surface area contributed by atoms with Crippen molar-refractivity contribution in [2.45, 2.75) is 12.8 Å². The minimum Gasteiger partial charge on any atom is -0.321 e. The van der Waals surface area contributed by atoms with Gasteiger partial charge in [0.25, 0.3) is 5.91 Å². The number of rotatable bonds is 3. The van der Waals surface area contributed by atoms with Gasteiger partial charge in [0.05, 0.1) is 21.3 Å². The van der Waals surface area contributed by atoms with Gasteiger partial charge >= 0.3 is 0 Å². The molecular weight excluding hydrogens is 415 g/mol. The molecule has 124 valence electrons. The molecule has 0 aromatic heterocycles. The zero-order valence-electron chi connectivity index (χ0n) is 12.5. The van der Waals surface area contributed by atoms with Gasteiger partial charge < -0.3 is 10.2 Å². The summed E-state index contributed by atoms with van der Waals surface area (Å²) >= 11 is 15.6. The van der Waals surface area contributed by atoms with Crippen molar-refractivity contribution >= 4 is 62.3 Å². The van der Waals surface area contributed by atoms with E-state index in [0.717, 1.165) is 16.6 Å². The van der Waals surface area contributed by atoms with Crippen molar-refractivity contribution in [3.63, 3.8) is 0 Å². The summed E-state index contributed by atoms with van der Waals surface area (Å²) in [5.74, 6) is -0.294. The van der Waals surface area contributed by atoms with E-state index in [2.05, 4.69) is 21.2 Å². The van der Waals surface area contributed by atoms with Gasteiger partial charge in [-0.3, -0.25) is 9.59 Å². The molecule has 2 aromatic rings. The fraction of sp³-hybridized carbons (Fsp3) is 0.176. The summed E-state index contributed by atoms with van der Waals surface area (Å²) in [4.78, 5) is 26.1. The second-order valence-electron chi connectivity index (χ2n) is 5.39. The van der Waals surface area contributed by atoms with E-state index in [-0.39, 0.29) is 11.8 Å². The van der Waals surface area contributed by atoms with Crippen molar-refractivity contribution in [1.29, 1.82) is 0 Å². The summed E-state index contributed by atoms with van der Waals surface area (Å²) in [7, 11) is 0. The quantitative estimate of drug-likeness (QED) is 0.737. The van der Waals surface area contributed by atoms with Crippen LogP contribution in [0, 0.1) is 0 Å². The van der Waals surface area contributed by atoms with Crippen LogP contribution in [0.4, 0.5) is 11.4 Å². The largest absolute Gasteiger partial charge is 0.321 e. The molecule has 1 saturated heterocycles. The number of nitrogens with zero attached hydrogens (tertiary/aromatic N) is 1. The van der Waals surface area contributed by atoms with Gasteiger partial charge in [-0.1, -0.05) is 39.1 Å². The van der Waals surface area contributed by atoms with E-state index in [1.165, 1.54) is 0 Å². The third-order valence-electron chi connectivity index (χ3n) is 3.76. The molecule has 1 aliphatic rings. The number of benzene rings is 2. The predicted molar refractivity (Wildman–Crippen MR) is 100 cm³/mol. The minimum atomic E-state index is -0.368. The molecule has 0 atom stereocenters. The third kappa shape index (κ3) is 3.58. The molecule has 1 heterocycles. The average Bonchev–Trinajstić information content (AvgIpc) is 2.98. The van der Waals surface area contributed by atoms with E-state index in [4.69, 9.17) is 23.2 Å². The Bertz CT molecular complexity index is 826. The molecule has 0 radical (unpaired) electrons. The molecule has 1 aliphatic heterocycles. The molecule has 2 amide bonds. The Hall–Kier alpha value is -1.56. The molecule has 0 saturated carbocycles. The molecule has 0 aliphatic carbocycles. The van der Waals surface area contributed by atoms with Gasteiger partial charge in [-0.25, -0.2) is 0 Å². The molecule has 0 spiro atoms. The van der Waals surface area contributed by atoms with Crippen molar-refractivity contribution in [3.8, 4) is 0 Å². The highest BCUT2D eigenvalue weighted by atomic mass is 79.9. The lowest BCUT2D eigenvalue weighted by Gasteiger charge is -2.17. The van der Waals surface area contributed by atoms with Crippen molar-refractivity contribution in [2.75, 3.05) is 16.8 Å². The van der Waals surface area contributed by atoms with E-state index in [1.54, 1.807) is 41.3 Å². The second-order valence-corrected chi connectivity index (χ2v) is 7.12. The van der Waals surface area contributed by atoms with Gasteiger partial charge in [-0.15, -0.1) is 0 Å².